The number of benzene rings is 2. The van der Waals surface area contributed by atoms with Crippen LogP contribution in [-0.2, 0) is 6.54 Å². The van der Waals surface area contributed by atoms with Crippen molar-refractivity contribution in [2.45, 2.75) is 6.54 Å². The topological polar surface area (TPSA) is 82.7 Å². The van der Waals surface area contributed by atoms with E-state index in [-0.39, 0.29) is 23.2 Å². The molecule has 2 aromatic carbocycles. The highest BCUT2D eigenvalue weighted by molar-refractivity contribution is 5.97. The fourth-order valence-electron chi connectivity index (χ4n) is 2.04. The molecule has 23 heavy (non-hydrogen) atoms. The van der Waals surface area contributed by atoms with Gasteiger partial charge in [0.15, 0.2) is 11.5 Å². The highest BCUT2D eigenvalue weighted by Gasteiger charge is 2.16. The monoisotopic (exact) mass is 311 g/mol. The molecule has 6 nitrogen and oxygen atoms in total. The van der Waals surface area contributed by atoms with Crippen molar-refractivity contribution in [1.29, 1.82) is 0 Å². The van der Waals surface area contributed by atoms with E-state index in [0.29, 0.717) is 12.2 Å². The second kappa shape index (κ2) is 6.69. The normalized spacial score (nSPS) is 10.3. The van der Waals surface area contributed by atoms with Gasteiger partial charge in [0.25, 0.3) is 5.91 Å². The van der Waals surface area contributed by atoms with Crippen molar-refractivity contribution in [2.75, 3.05) is 5.32 Å². The third-order valence-corrected chi connectivity index (χ3v) is 3.15. The zero-order valence-corrected chi connectivity index (χ0v) is 12.1. The van der Waals surface area contributed by atoms with Gasteiger partial charge in [0.2, 0.25) is 0 Å². The molecule has 1 amide bonds. The number of amides is 1. The van der Waals surface area contributed by atoms with E-state index < -0.39 is 0 Å². The third kappa shape index (κ3) is 3.70. The number of H-pyrrole nitrogens is 1. The van der Waals surface area contributed by atoms with Crippen LogP contribution in [-0.4, -0.2) is 21.3 Å². The quantitative estimate of drug-likeness (QED) is 0.676. The molecule has 1 aromatic heterocycles. The first-order valence-electron chi connectivity index (χ1n) is 6.98. The molecule has 0 aliphatic heterocycles. The number of hydrogen-bond donors (Lipinski definition) is 3. The van der Waals surface area contributed by atoms with Crippen molar-refractivity contribution >= 4 is 17.4 Å². The van der Waals surface area contributed by atoms with Gasteiger partial charge >= 0.3 is 0 Å². The van der Waals surface area contributed by atoms with Crippen LogP contribution in [0.15, 0.2) is 54.6 Å². The number of anilines is 2. The molecule has 3 aromatic rings. The van der Waals surface area contributed by atoms with E-state index in [1.165, 1.54) is 12.1 Å². The van der Waals surface area contributed by atoms with Gasteiger partial charge in [-0.3, -0.25) is 4.79 Å². The number of carbonyl (C=O) groups is 1. The minimum absolute atomic E-state index is 0.116. The van der Waals surface area contributed by atoms with E-state index in [4.69, 9.17) is 0 Å². The summed E-state index contributed by atoms with van der Waals surface area (Å²) in [6.07, 6.45) is 0. The molecule has 0 unspecified atom stereocenters. The molecule has 1 heterocycles. The Morgan fingerprint density at radius 3 is 2.70 bits per heavy atom. The predicted octanol–water partition coefficient (Wildman–Crippen LogP) is 2.62. The van der Waals surface area contributed by atoms with E-state index in [0.717, 1.165) is 5.56 Å². The molecule has 0 saturated heterocycles. The zero-order chi connectivity index (χ0) is 16.1. The number of nitrogens with zero attached hydrogens (tertiary/aromatic N) is 2. The van der Waals surface area contributed by atoms with E-state index in [9.17, 15) is 9.18 Å². The minimum Gasteiger partial charge on any atom is -0.346 e. The van der Waals surface area contributed by atoms with E-state index in [1.807, 2.05) is 30.3 Å². The van der Waals surface area contributed by atoms with Crippen LogP contribution >= 0.6 is 0 Å². The Morgan fingerprint density at radius 2 is 1.91 bits per heavy atom. The maximum atomic E-state index is 13.2. The first-order chi connectivity index (χ1) is 11.2. The summed E-state index contributed by atoms with van der Waals surface area (Å²) in [5.41, 5.74) is 1.57. The van der Waals surface area contributed by atoms with Crippen LogP contribution in [0.4, 0.5) is 15.9 Å². The average molecular weight is 311 g/mol. The molecule has 0 aliphatic carbocycles. The molecule has 0 radical (unpaired) electrons. The molecule has 116 valence electrons. The van der Waals surface area contributed by atoms with Crippen molar-refractivity contribution in [2.24, 2.45) is 0 Å². The standard InChI is InChI=1S/C16H14FN5O/c17-12-7-4-8-13(9-12)19-15-14(20-22-21-15)16(23)18-10-11-5-2-1-3-6-11/h1-9H,10H2,(H,18,23)(H2,19,20,21,22). The Labute approximate surface area is 131 Å². The largest absolute Gasteiger partial charge is 0.346 e. The number of aromatic nitrogens is 3. The van der Waals surface area contributed by atoms with Gasteiger partial charge in [-0.1, -0.05) is 36.4 Å². The lowest BCUT2D eigenvalue weighted by molar-refractivity contribution is 0.0946. The molecule has 3 N–H and O–H groups in total. The van der Waals surface area contributed by atoms with Crippen molar-refractivity contribution in [3.8, 4) is 0 Å². The number of aromatic amines is 1. The molecule has 0 fully saturated rings. The number of carbonyl (C=O) groups excluding carboxylic acids is 1. The van der Waals surface area contributed by atoms with Gasteiger partial charge in [0.05, 0.1) is 0 Å². The zero-order valence-electron chi connectivity index (χ0n) is 12.1. The maximum absolute atomic E-state index is 13.2. The van der Waals surface area contributed by atoms with Crippen LogP contribution < -0.4 is 10.6 Å². The summed E-state index contributed by atoms with van der Waals surface area (Å²) in [5.74, 6) is -0.517. The van der Waals surface area contributed by atoms with Gasteiger partial charge < -0.3 is 10.6 Å². The van der Waals surface area contributed by atoms with Crippen molar-refractivity contribution in [3.63, 3.8) is 0 Å². The summed E-state index contributed by atoms with van der Waals surface area (Å²) in [6.45, 7) is 0.381. The lowest BCUT2D eigenvalue weighted by Gasteiger charge is -2.06. The number of hydrogen-bond acceptors (Lipinski definition) is 4. The average Bonchev–Trinajstić information content (AvgIpc) is 3.02. The van der Waals surface area contributed by atoms with E-state index >= 15 is 0 Å². The second-order valence-corrected chi connectivity index (χ2v) is 4.82. The first-order valence-corrected chi connectivity index (χ1v) is 6.98. The SMILES string of the molecule is O=C(NCc1ccccc1)c1n[nH]nc1Nc1cccc(F)c1. The van der Waals surface area contributed by atoms with Gasteiger partial charge in [-0.15, -0.1) is 10.2 Å². The fraction of sp³-hybridized carbons (Fsp3) is 0.0625. The molecule has 0 atom stereocenters. The Morgan fingerprint density at radius 1 is 1.09 bits per heavy atom. The summed E-state index contributed by atoms with van der Waals surface area (Å²) >= 11 is 0. The summed E-state index contributed by atoms with van der Waals surface area (Å²) in [4.78, 5) is 12.2. The van der Waals surface area contributed by atoms with Gasteiger partial charge in [-0.2, -0.15) is 5.21 Å². The molecule has 0 bridgehead atoms. The number of nitrogens with one attached hydrogen (secondary N) is 3. The smallest absolute Gasteiger partial charge is 0.275 e. The Balaban J connectivity index is 1.69. The molecule has 0 saturated carbocycles. The van der Waals surface area contributed by atoms with Crippen molar-refractivity contribution < 1.29 is 9.18 Å². The molecule has 0 spiro atoms. The van der Waals surface area contributed by atoms with Gasteiger partial charge in [-0.05, 0) is 23.8 Å². The second-order valence-electron chi connectivity index (χ2n) is 4.82. The van der Waals surface area contributed by atoms with Crippen LogP contribution in [0.2, 0.25) is 0 Å². The van der Waals surface area contributed by atoms with Gasteiger partial charge in [0, 0.05) is 12.2 Å². The molecule has 7 heteroatoms. The summed E-state index contributed by atoms with van der Waals surface area (Å²) < 4.78 is 13.2. The van der Waals surface area contributed by atoms with Gasteiger partial charge in [0.1, 0.15) is 5.82 Å². The summed E-state index contributed by atoms with van der Waals surface area (Å²) in [6, 6.07) is 15.4. The van der Waals surface area contributed by atoms with Crippen LogP contribution in [0.5, 0.6) is 0 Å². The lowest BCUT2D eigenvalue weighted by atomic mass is 10.2. The molecule has 3 rings (SSSR count). The lowest BCUT2D eigenvalue weighted by Crippen LogP contribution is -2.24. The Bertz CT molecular complexity index is 803. The molecular weight excluding hydrogens is 297 g/mol. The Hall–Kier alpha value is -3.22. The van der Waals surface area contributed by atoms with Crippen LogP contribution in [0.3, 0.4) is 0 Å². The predicted molar refractivity (Wildman–Crippen MR) is 83.7 cm³/mol. The van der Waals surface area contributed by atoms with Crippen molar-refractivity contribution in [3.05, 3.63) is 71.7 Å². The fourth-order valence-corrected chi connectivity index (χ4v) is 2.04. The third-order valence-electron chi connectivity index (χ3n) is 3.15. The molecule has 0 aliphatic rings. The number of halogens is 1. The van der Waals surface area contributed by atoms with Crippen LogP contribution in [0.1, 0.15) is 16.1 Å². The summed E-state index contributed by atoms with van der Waals surface area (Å²) in [7, 11) is 0. The van der Waals surface area contributed by atoms with Gasteiger partial charge in [-0.25, -0.2) is 4.39 Å². The van der Waals surface area contributed by atoms with Crippen LogP contribution in [0, 0.1) is 5.82 Å². The minimum atomic E-state index is -0.381. The molecular formula is C16H14FN5O. The van der Waals surface area contributed by atoms with E-state index in [1.54, 1.807) is 12.1 Å². The van der Waals surface area contributed by atoms with Crippen molar-refractivity contribution in [1.82, 2.24) is 20.7 Å². The Kier molecular flexibility index (Phi) is 4.28. The first kappa shape index (κ1) is 14.7. The maximum Gasteiger partial charge on any atom is 0.275 e. The van der Waals surface area contributed by atoms with E-state index in [2.05, 4.69) is 26.0 Å². The van der Waals surface area contributed by atoms with Crippen LogP contribution in [0.25, 0.3) is 0 Å². The highest BCUT2D eigenvalue weighted by Crippen LogP contribution is 2.17. The summed E-state index contributed by atoms with van der Waals surface area (Å²) in [5, 5.41) is 15.8. The highest BCUT2D eigenvalue weighted by atomic mass is 19.1. The number of rotatable bonds is 5.